The van der Waals surface area contributed by atoms with Crippen LogP contribution in [0, 0.1) is 0 Å². The van der Waals surface area contributed by atoms with Gasteiger partial charge in [-0.3, -0.25) is 24.3 Å². The highest BCUT2D eigenvalue weighted by molar-refractivity contribution is 5.82. The Labute approximate surface area is 142 Å². The maximum atomic E-state index is 12.3. The van der Waals surface area contributed by atoms with E-state index < -0.39 is 30.2 Å². The van der Waals surface area contributed by atoms with Crippen LogP contribution in [-0.2, 0) is 20.9 Å². The van der Waals surface area contributed by atoms with Crippen molar-refractivity contribution in [2.45, 2.75) is 38.3 Å². The first-order valence-corrected chi connectivity index (χ1v) is 8.21. The minimum absolute atomic E-state index is 0.144. The Morgan fingerprint density at radius 1 is 1.16 bits per heavy atom. The first-order valence-electron chi connectivity index (χ1n) is 8.21. The monoisotopic (exact) mass is 345 g/mol. The number of carbonyl (C=O) groups is 2. The summed E-state index contributed by atoms with van der Waals surface area (Å²) in [5.74, 6) is -1.13. The topological polar surface area (TPSA) is 110 Å². The van der Waals surface area contributed by atoms with Crippen LogP contribution in [0.3, 0.4) is 0 Å². The van der Waals surface area contributed by atoms with Crippen molar-refractivity contribution >= 4 is 22.6 Å². The quantitative estimate of drug-likeness (QED) is 0.757. The van der Waals surface area contributed by atoms with Gasteiger partial charge in [-0.15, -0.1) is 0 Å². The summed E-state index contributed by atoms with van der Waals surface area (Å²) in [4.78, 5) is 47.9. The maximum absolute atomic E-state index is 12.3. The van der Waals surface area contributed by atoms with E-state index in [0.29, 0.717) is 0 Å². The summed E-state index contributed by atoms with van der Waals surface area (Å²) >= 11 is 0. The van der Waals surface area contributed by atoms with Crippen LogP contribution in [0.25, 0.3) is 10.8 Å². The summed E-state index contributed by atoms with van der Waals surface area (Å²) < 4.78 is 5.78. The van der Waals surface area contributed by atoms with Crippen molar-refractivity contribution < 1.29 is 14.3 Å². The molecule has 1 heterocycles. The molecule has 0 saturated heterocycles. The lowest BCUT2D eigenvalue weighted by Gasteiger charge is -2.12. The van der Waals surface area contributed by atoms with Gasteiger partial charge in [0.2, 0.25) is 0 Å². The first kappa shape index (κ1) is 16.9. The maximum Gasteiger partial charge on any atom is 0.328 e. The number of fused-ring (bicyclic) bond motifs is 1. The molecule has 0 radical (unpaired) electrons. The largest absolute Gasteiger partial charge is 0.454 e. The molecule has 0 spiro atoms. The number of nitrogens with one attached hydrogen (secondary N) is 2. The Balaban J connectivity index is 1.62. The minimum atomic E-state index is -0.769. The van der Waals surface area contributed by atoms with Gasteiger partial charge in [0.15, 0.2) is 6.61 Å². The first-order chi connectivity index (χ1) is 12.0. The zero-order chi connectivity index (χ0) is 17.8. The molecule has 3 rings (SSSR count). The van der Waals surface area contributed by atoms with Crippen molar-refractivity contribution in [3.8, 4) is 0 Å². The van der Waals surface area contributed by atoms with Crippen molar-refractivity contribution in [2.75, 3.05) is 6.61 Å². The van der Waals surface area contributed by atoms with E-state index in [2.05, 4.69) is 10.4 Å². The summed E-state index contributed by atoms with van der Waals surface area (Å²) in [6.45, 7) is -0.864. The molecular formula is C17H19N3O5. The van der Waals surface area contributed by atoms with Crippen LogP contribution >= 0.6 is 0 Å². The van der Waals surface area contributed by atoms with Crippen molar-refractivity contribution in [1.82, 2.24) is 15.1 Å². The molecule has 1 aromatic heterocycles. The molecular weight excluding hydrogens is 326 g/mol. The fourth-order valence-electron chi connectivity index (χ4n) is 3.02. The molecule has 0 bridgehead atoms. The van der Waals surface area contributed by atoms with Gasteiger partial charge < -0.3 is 10.1 Å². The fraction of sp³-hybridized carbons (Fsp3) is 0.412. The number of hydrogen-bond donors (Lipinski definition) is 2. The smallest absolute Gasteiger partial charge is 0.328 e. The molecule has 1 fully saturated rings. The van der Waals surface area contributed by atoms with Gasteiger partial charge in [0, 0.05) is 6.04 Å². The molecule has 25 heavy (non-hydrogen) atoms. The van der Waals surface area contributed by atoms with Crippen LogP contribution < -0.4 is 16.4 Å². The third-order valence-electron chi connectivity index (χ3n) is 4.26. The molecule has 2 N–H and O–H groups in total. The van der Waals surface area contributed by atoms with E-state index in [1.165, 1.54) is 12.1 Å². The molecule has 0 atom stereocenters. The summed E-state index contributed by atoms with van der Waals surface area (Å²) in [5, 5.41) is 5.62. The van der Waals surface area contributed by atoms with E-state index in [4.69, 9.17) is 4.74 Å². The van der Waals surface area contributed by atoms with Gasteiger partial charge in [-0.05, 0) is 25.0 Å². The Morgan fingerprint density at radius 3 is 2.56 bits per heavy atom. The van der Waals surface area contributed by atoms with Gasteiger partial charge >= 0.3 is 5.97 Å². The van der Waals surface area contributed by atoms with Crippen molar-refractivity contribution in [1.29, 1.82) is 0 Å². The number of amides is 1. The van der Waals surface area contributed by atoms with E-state index in [-0.39, 0.29) is 22.7 Å². The molecule has 1 aromatic carbocycles. The normalized spacial score (nSPS) is 14.6. The van der Waals surface area contributed by atoms with E-state index in [1.807, 2.05) is 0 Å². The number of carbonyl (C=O) groups excluding carboxylic acids is 2. The average Bonchev–Trinajstić information content (AvgIpc) is 3.10. The fourth-order valence-corrected chi connectivity index (χ4v) is 3.02. The summed E-state index contributed by atoms with van der Waals surface area (Å²) in [6.07, 6.45) is 4.05. The third-order valence-corrected chi connectivity index (χ3v) is 4.26. The Morgan fingerprint density at radius 2 is 1.84 bits per heavy atom. The van der Waals surface area contributed by atoms with Gasteiger partial charge in [0.1, 0.15) is 6.54 Å². The van der Waals surface area contributed by atoms with Gasteiger partial charge in [-0.2, -0.15) is 0 Å². The Bertz CT molecular complexity index is 908. The molecule has 2 aromatic rings. The second-order valence-electron chi connectivity index (χ2n) is 6.09. The lowest BCUT2D eigenvalue weighted by Crippen LogP contribution is -2.37. The number of ether oxygens (including phenoxy) is 1. The summed E-state index contributed by atoms with van der Waals surface area (Å²) in [5.41, 5.74) is -0.968. The molecule has 1 saturated carbocycles. The molecule has 0 aliphatic heterocycles. The zero-order valence-corrected chi connectivity index (χ0v) is 13.6. The number of hydrogen-bond acceptors (Lipinski definition) is 5. The number of aromatic nitrogens is 2. The van der Waals surface area contributed by atoms with E-state index in [0.717, 1.165) is 30.4 Å². The second kappa shape index (κ2) is 7.33. The SMILES string of the molecule is O=C(COC(=O)Cn1[nH]c(=O)c2ccccc2c1=O)NC1CCCC1. The molecule has 1 amide bonds. The molecule has 0 unspecified atom stereocenters. The number of aromatic amines is 1. The zero-order valence-electron chi connectivity index (χ0n) is 13.6. The van der Waals surface area contributed by atoms with Crippen LogP contribution in [0.1, 0.15) is 25.7 Å². The Hall–Kier alpha value is -2.90. The van der Waals surface area contributed by atoms with Gasteiger partial charge in [-0.1, -0.05) is 25.0 Å². The van der Waals surface area contributed by atoms with E-state index >= 15 is 0 Å². The molecule has 1 aliphatic rings. The number of esters is 1. The van der Waals surface area contributed by atoms with Gasteiger partial charge in [0.25, 0.3) is 17.0 Å². The average molecular weight is 345 g/mol. The number of nitrogens with zero attached hydrogens (tertiary/aromatic N) is 1. The minimum Gasteiger partial charge on any atom is -0.454 e. The highest BCUT2D eigenvalue weighted by atomic mass is 16.5. The van der Waals surface area contributed by atoms with Crippen LogP contribution in [0.2, 0.25) is 0 Å². The van der Waals surface area contributed by atoms with Gasteiger partial charge in [-0.25, -0.2) is 4.68 Å². The predicted octanol–water partition coefficient (Wildman–Crippen LogP) is 0.292. The Kier molecular flexibility index (Phi) is 4.97. The van der Waals surface area contributed by atoms with Crippen molar-refractivity contribution in [2.24, 2.45) is 0 Å². The van der Waals surface area contributed by atoms with Crippen molar-refractivity contribution in [3.05, 3.63) is 45.0 Å². The summed E-state index contributed by atoms with van der Waals surface area (Å²) in [6, 6.07) is 6.48. The number of benzene rings is 1. The van der Waals surface area contributed by atoms with Crippen LogP contribution in [0.15, 0.2) is 33.9 Å². The highest BCUT2D eigenvalue weighted by Crippen LogP contribution is 2.17. The lowest BCUT2D eigenvalue weighted by molar-refractivity contribution is -0.149. The van der Waals surface area contributed by atoms with E-state index in [1.54, 1.807) is 12.1 Å². The van der Waals surface area contributed by atoms with Crippen molar-refractivity contribution in [3.63, 3.8) is 0 Å². The standard InChI is InChI=1S/C17H19N3O5/c21-14(18-11-5-1-2-6-11)10-25-15(22)9-20-17(24)13-8-4-3-7-12(13)16(23)19-20/h3-4,7-8,11H,1-2,5-6,9-10H2,(H,18,21)(H,19,23). The third kappa shape index (κ3) is 3.96. The molecule has 132 valence electrons. The molecule has 8 nitrogen and oxygen atoms in total. The molecule has 8 heteroatoms. The second-order valence-corrected chi connectivity index (χ2v) is 6.09. The number of rotatable bonds is 5. The highest BCUT2D eigenvalue weighted by Gasteiger charge is 2.18. The number of H-pyrrole nitrogens is 1. The lowest BCUT2D eigenvalue weighted by atomic mass is 10.2. The summed E-state index contributed by atoms with van der Waals surface area (Å²) in [7, 11) is 0. The van der Waals surface area contributed by atoms with Gasteiger partial charge in [0.05, 0.1) is 10.8 Å². The predicted molar refractivity (Wildman–Crippen MR) is 90.2 cm³/mol. The van der Waals surface area contributed by atoms with Crippen LogP contribution in [-0.4, -0.2) is 34.3 Å². The molecule has 1 aliphatic carbocycles. The van der Waals surface area contributed by atoms with Crippen LogP contribution in [0.5, 0.6) is 0 Å². The van der Waals surface area contributed by atoms with E-state index in [9.17, 15) is 19.2 Å². The van der Waals surface area contributed by atoms with Crippen LogP contribution in [0.4, 0.5) is 0 Å².